The Balaban J connectivity index is 1.60. The second-order valence-electron chi connectivity index (χ2n) is 5.44. The van der Waals surface area contributed by atoms with Crippen LogP contribution in [0.25, 0.3) is 11.3 Å². The Kier molecular flexibility index (Phi) is 5.00. The summed E-state index contributed by atoms with van der Waals surface area (Å²) in [5.74, 6) is 0.854. The Morgan fingerprint density at radius 1 is 0.957 bits per heavy atom. The summed E-state index contributed by atoms with van der Waals surface area (Å²) in [6.07, 6.45) is 0. The van der Waals surface area contributed by atoms with E-state index in [1.807, 2.05) is 37.2 Å². The Morgan fingerprint density at radius 2 is 1.78 bits per heavy atom. The van der Waals surface area contributed by atoms with Gasteiger partial charge >= 0.3 is 0 Å². The van der Waals surface area contributed by atoms with Crippen LogP contribution in [-0.4, -0.2) is 24.3 Å². The molecule has 0 bridgehead atoms. The first-order valence-corrected chi connectivity index (χ1v) is 8.31. The molecular formula is C18H19N3OS. The first-order valence-electron chi connectivity index (χ1n) is 7.43. The molecule has 0 aliphatic heterocycles. The maximum Gasteiger partial charge on any atom is 0.150 e. The van der Waals surface area contributed by atoms with Crippen LogP contribution in [0.15, 0.2) is 53.9 Å². The molecule has 2 aromatic heterocycles. The summed E-state index contributed by atoms with van der Waals surface area (Å²) in [7, 11) is 3.91. The van der Waals surface area contributed by atoms with Gasteiger partial charge in [-0.2, -0.15) is 0 Å². The number of hydrogen-bond donors (Lipinski definition) is 0. The smallest absolute Gasteiger partial charge is 0.150 e. The molecule has 0 aliphatic rings. The Morgan fingerprint density at radius 3 is 2.39 bits per heavy atom. The van der Waals surface area contributed by atoms with Crippen LogP contribution in [0.3, 0.4) is 0 Å². The molecule has 1 aromatic carbocycles. The Labute approximate surface area is 140 Å². The summed E-state index contributed by atoms with van der Waals surface area (Å²) >= 11 is 1.72. The zero-order chi connectivity index (χ0) is 16.1. The van der Waals surface area contributed by atoms with Gasteiger partial charge in [0.2, 0.25) is 0 Å². The molecule has 0 atom stereocenters. The van der Waals surface area contributed by atoms with Gasteiger partial charge in [-0.05, 0) is 29.1 Å². The van der Waals surface area contributed by atoms with E-state index in [1.165, 1.54) is 4.88 Å². The lowest BCUT2D eigenvalue weighted by Crippen LogP contribution is -2.11. The van der Waals surface area contributed by atoms with Gasteiger partial charge in [0.1, 0.15) is 0 Å². The van der Waals surface area contributed by atoms with Crippen molar-refractivity contribution < 1.29 is 4.74 Å². The number of thiophene rings is 1. The third-order valence-corrected chi connectivity index (χ3v) is 4.30. The molecule has 0 unspecified atom stereocenters. The largest absolute Gasteiger partial charge is 0.371 e. The van der Waals surface area contributed by atoms with E-state index in [-0.39, 0.29) is 0 Å². The number of ether oxygens (including phenoxy) is 1. The van der Waals surface area contributed by atoms with E-state index in [1.54, 1.807) is 11.3 Å². The summed E-state index contributed by atoms with van der Waals surface area (Å²) in [6, 6.07) is 16.4. The molecule has 0 radical (unpaired) electrons. The zero-order valence-electron chi connectivity index (χ0n) is 13.3. The second kappa shape index (κ2) is 7.35. The van der Waals surface area contributed by atoms with Crippen LogP contribution in [0.1, 0.15) is 10.4 Å². The maximum atomic E-state index is 5.73. The molecule has 0 aliphatic carbocycles. The van der Waals surface area contributed by atoms with Gasteiger partial charge in [-0.1, -0.05) is 30.3 Å². The van der Waals surface area contributed by atoms with Crippen molar-refractivity contribution in [2.75, 3.05) is 19.0 Å². The van der Waals surface area contributed by atoms with E-state index in [2.05, 4.69) is 45.9 Å². The highest BCUT2D eigenvalue weighted by Gasteiger charge is 2.03. The molecule has 0 N–H and O–H groups in total. The average Bonchev–Trinajstić information content (AvgIpc) is 3.09. The van der Waals surface area contributed by atoms with Crippen LogP contribution in [0.2, 0.25) is 0 Å². The number of nitrogens with zero attached hydrogens (tertiary/aromatic N) is 3. The SMILES string of the molecule is CN(C)c1ccc(-c2ccc(COCc3cccs3)cc2)nn1. The number of anilines is 1. The van der Waals surface area contributed by atoms with E-state index in [4.69, 9.17) is 4.74 Å². The summed E-state index contributed by atoms with van der Waals surface area (Å²) in [5, 5.41) is 10.5. The van der Waals surface area contributed by atoms with Gasteiger partial charge in [0.15, 0.2) is 5.82 Å². The molecule has 0 spiro atoms. The lowest BCUT2D eigenvalue weighted by atomic mass is 10.1. The van der Waals surface area contributed by atoms with Gasteiger partial charge in [-0.3, -0.25) is 0 Å². The first-order chi connectivity index (χ1) is 11.2. The van der Waals surface area contributed by atoms with Gasteiger partial charge in [0.25, 0.3) is 0 Å². The van der Waals surface area contributed by atoms with Crippen molar-refractivity contribution in [2.24, 2.45) is 0 Å². The van der Waals surface area contributed by atoms with E-state index in [0.29, 0.717) is 13.2 Å². The fourth-order valence-corrected chi connectivity index (χ4v) is 2.79. The van der Waals surface area contributed by atoms with E-state index in [0.717, 1.165) is 22.6 Å². The minimum Gasteiger partial charge on any atom is -0.371 e. The molecule has 0 amide bonds. The lowest BCUT2D eigenvalue weighted by Gasteiger charge is -2.10. The normalized spacial score (nSPS) is 10.7. The highest BCUT2D eigenvalue weighted by atomic mass is 32.1. The predicted octanol–water partition coefficient (Wildman–Crippen LogP) is 3.99. The molecule has 0 saturated carbocycles. The standard InChI is InChI=1S/C18H19N3OS/c1-21(2)18-10-9-17(19-20-18)15-7-5-14(6-8-15)12-22-13-16-4-3-11-23-16/h3-11H,12-13H2,1-2H3. The molecule has 118 valence electrons. The lowest BCUT2D eigenvalue weighted by molar-refractivity contribution is 0.109. The molecule has 0 fully saturated rings. The summed E-state index contributed by atoms with van der Waals surface area (Å²) in [5.41, 5.74) is 3.09. The highest BCUT2D eigenvalue weighted by molar-refractivity contribution is 7.09. The molecule has 3 rings (SSSR count). The minimum absolute atomic E-state index is 0.615. The summed E-state index contributed by atoms with van der Waals surface area (Å²) in [4.78, 5) is 3.18. The van der Waals surface area contributed by atoms with Crippen molar-refractivity contribution >= 4 is 17.2 Å². The number of aromatic nitrogens is 2. The fraction of sp³-hybridized carbons (Fsp3) is 0.222. The van der Waals surface area contributed by atoms with Crippen LogP contribution in [-0.2, 0) is 18.0 Å². The van der Waals surface area contributed by atoms with Gasteiger partial charge in [0.05, 0.1) is 18.9 Å². The van der Waals surface area contributed by atoms with Crippen LogP contribution in [0, 0.1) is 0 Å². The molecule has 4 nitrogen and oxygen atoms in total. The van der Waals surface area contributed by atoms with Crippen LogP contribution < -0.4 is 4.90 Å². The minimum atomic E-state index is 0.615. The van der Waals surface area contributed by atoms with Crippen molar-refractivity contribution in [1.82, 2.24) is 10.2 Å². The van der Waals surface area contributed by atoms with Gasteiger partial charge in [0, 0.05) is 24.5 Å². The maximum absolute atomic E-state index is 5.73. The Hall–Kier alpha value is -2.24. The van der Waals surface area contributed by atoms with Crippen LogP contribution >= 0.6 is 11.3 Å². The zero-order valence-corrected chi connectivity index (χ0v) is 14.1. The summed E-state index contributed by atoms with van der Waals surface area (Å²) in [6.45, 7) is 1.28. The quantitative estimate of drug-likeness (QED) is 0.687. The van der Waals surface area contributed by atoms with Gasteiger partial charge in [-0.25, -0.2) is 0 Å². The molecule has 3 aromatic rings. The van der Waals surface area contributed by atoms with Gasteiger partial charge in [-0.15, -0.1) is 21.5 Å². The monoisotopic (exact) mass is 325 g/mol. The van der Waals surface area contributed by atoms with Crippen molar-refractivity contribution in [3.8, 4) is 11.3 Å². The highest BCUT2D eigenvalue weighted by Crippen LogP contribution is 2.19. The third-order valence-electron chi connectivity index (χ3n) is 3.45. The van der Waals surface area contributed by atoms with Crippen LogP contribution in [0.4, 0.5) is 5.82 Å². The third kappa shape index (κ3) is 4.15. The van der Waals surface area contributed by atoms with E-state index < -0.39 is 0 Å². The summed E-state index contributed by atoms with van der Waals surface area (Å²) < 4.78 is 5.73. The number of benzene rings is 1. The average molecular weight is 325 g/mol. The molecule has 5 heteroatoms. The van der Waals surface area contributed by atoms with E-state index >= 15 is 0 Å². The molecule has 23 heavy (non-hydrogen) atoms. The van der Waals surface area contributed by atoms with Gasteiger partial charge < -0.3 is 9.64 Å². The van der Waals surface area contributed by atoms with Crippen molar-refractivity contribution in [3.63, 3.8) is 0 Å². The van der Waals surface area contributed by atoms with Crippen LogP contribution in [0.5, 0.6) is 0 Å². The number of hydrogen-bond acceptors (Lipinski definition) is 5. The molecule has 2 heterocycles. The predicted molar refractivity (Wildman–Crippen MR) is 94.6 cm³/mol. The second-order valence-corrected chi connectivity index (χ2v) is 6.47. The first kappa shape index (κ1) is 15.6. The fourth-order valence-electron chi connectivity index (χ4n) is 2.15. The van der Waals surface area contributed by atoms with Crippen molar-refractivity contribution in [1.29, 1.82) is 0 Å². The van der Waals surface area contributed by atoms with E-state index in [9.17, 15) is 0 Å². The topological polar surface area (TPSA) is 38.2 Å². The van der Waals surface area contributed by atoms with Crippen molar-refractivity contribution in [2.45, 2.75) is 13.2 Å². The molecular weight excluding hydrogens is 306 g/mol. The number of rotatable bonds is 6. The molecule has 0 saturated heterocycles. The Bertz CT molecular complexity index is 722. The van der Waals surface area contributed by atoms with Crippen molar-refractivity contribution in [3.05, 3.63) is 64.4 Å².